The molecule has 1 atom stereocenters. The van der Waals surface area contributed by atoms with Crippen molar-refractivity contribution in [3.63, 3.8) is 0 Å². The molecule has 3 aliphatic rings. The lowest BCUT2D eigenvalue weighted by atomic mass is 9.86. The highest BCUT2D eigenvalue weighted by atomic mass is 16.6. The number of nitrogens with one attached hydrogen (secondary N) is 1. The van der Waals surface area contributed by atoms with Crippen molar-refractivity contribution >= 4 is 45.2 Å². The maximum absolute atomic E-state index is 13.2. The molecule has 3 aliphatic heterocycles. The summed E-state index contributed by atoms with van der Waals surface area (Å²) in [5.74, 6) is 0.590. The molecular formula is C46H45N9O6. The number of esters is 1. The minimum Gasteiger partial charge on any atom is -0.508 e. The van der Waals surface area contributed by atoms with E-state index in [-0.39, 0.29) is 30.2 Å². The molecule has 8 heterocycles. The van der Waals surface area contributed by atoms with E-state index in [2.05, 4.69) is 49.4 Å². The molecule has 0 bridgehead atoms. The number of hydrogen-bond donors (Lipinski definition) is 3. The highest BCUT2D eigenvalue weighted by molar-refractivity contribution is 6.05. The van der Waals surface area contributed by atoms with Crippen molar-refractivity contribution in [3.05, 3.63) is 124 Å². The second-order valence-corrected chi connectivity index (χ2v) is 15.8. The van der Waals surface area contributed by atoms with Crippen LogP contribution in [0.5, 0.6) is 5.75 Å². The van der Waals surface area contributed by atoms with Gasteiger partial charge in [0.1, 0.15) is 24.0 Å². The lowest BCUT2D eigenvalue weighted by molar-refractivity contribution is -0.172. The number of piperazine rings is 1. The number of aryl methyl sites for hydroxylation is 2. The summed E-state index contributed by atoms with van der Waals surface area (Å²) in [6, 6.07) is 18.4. The van der Waals surface area contributed by atoms with Gasteiger partial charge in [0.05, 0.1) is 35.2 Å². The number of nitrogens with zero attached hydrogens (tertiary/aromatic N) is 8. The molecule has 1 saturated heterocycles. The SMILES string of the molecule is CCc1c2c(nc3ccc(O)cc13)-c1cc3c(c(=O)n1C2)COC(=O)[C@]3(O)CC.CN1CCN(c2cc(C(=O)Nc3cc4cc(-c5cnn(C)c5)ccc4cn3)ccn2)CC1. The quantitative estimate of drug-likeness (QED) is 0.183. The van der Waals surface area contributed by atoms with Gasteiger partial charge in [-0.25, -0.2) is 19.7 Å². The van der Waals surface area contributed by atoms with Crippen LogP contribution in [-0.2, 0) is 41.8 Å². The van der Waals surface area contributed by atoms with Crippen molar-refractivity contribution < 1.29 is 24.5 Å². The summed E-state index contributed by atoms with van der Waals surface area (Å²) < 4.78 is 8.51. The zero-order chi connectivity index (χ0) is 42.6. The number of carbonyl (C=O) groups excluding carboxylic acids is 2. The Hall–Kier alpha value is -6.97. The number of fused-ring (bicyclic) bond motifs is 6. The lowest BCUT2D eigenvalue weighted by Gasteiger charge is -2.33. The van der Waals surface area contributed by atoms with Gasteiger partial charge in [-0.3, -0.25) is 14.3 Å². The molecule has 0 spiro atoms. The van der Waals surface area contributed by atoms with Crippen LogP contribution in [0.1, 0.15) is 52.9 Å². The van der Waals surface area contributed by atoms with E-state index < -0.39 is 11.6 Å². The summed E-state index contributed by atoms with van der Waals surface area (Å²) in [6.45, 7) is 7.70. The molecule has 15 heteroatoms. The molecule has 0 unspecified atom stereocenters. The van der Waals surface area contributed by atoms with Crippen LogP contribution < -0.4 is 15.8 Å². The van der Waals surface area contributed by atoms with Gasteiger partial charge in [-0.15, -0.1) is 0 Å². The summed E-state index contributed by atoms with van der Waals surface area (Å²) in [7, 11) is 4.02. The first kappa shape index (κ1) is 39.5. The van der Waals surface area contributed by atoms with Crippen LogP contribution in [0.2, 0.25) is 0 Å². The number of hydrogen-bond acceptors (Lipinski definition) is 12. The number of pyridine rings is 4. The predicted octanol–water partition coefficient (Wildman–Crippen LogP) is 5.38. The van der Waals surface area contributed by atoms with E-state index in [1.807, 2.05) is 44.6 Å². The van der Waals surface area contributed by atoms with E-state index in [9.17, 15) is 24.6 Å². The van der Waals surface area contributed by atoms with Crippen molar-refractivity contribution in [2.75, 3.05) is 43.4 Å². The number of carbonyl (C=O) groups is 2. The molecule has 2 aromatic carbocycles. The first-order valence-corrected chi connectivity index (χ1v) is 20.4. The molecule has 0 aliphatic carbocycles. The van der Waals surface area contributed by atoms with Gasteiger partial charge in [0.2, 0.25) is 0 Å². The Kier molecular flexibility index (Phi) is 10.1. The van der Waals surface area contributed by atoms with Crippen LogP contribution in [0.25, 0.3) is 44.2 Å². The number of anilines is 2. The van der Waals surface area contributed by atoms with Crippen LogP contribution in [0.3, 0.4) is 0 Å². The zero-order valence-corrected chi connectivity index (χ0v) is 34.3. The standard InChI is InChI=1S/C24H25N7O.C22H20N2O5/c1-29-7-9-31(10-8-29)23-13-18(5-6-25-23)24(32)28-22-12-20-11-17(3-4-19(20)14-26-22)21-15-27-30(2)16-21;1-3-12-13-7-11(25)5-6-17(13)23-19-14(12)9-24-18(19)8-16-15(20(24)26)10-29-21(27)22(16,28)4-2/h3-6,11-16H,7-10H2,1-2H3,(H,26,28,32);5-8,25,28H,3-4,9-10H2,1-2H3/t;22-/m.0/s1. The summed E-state index contributed by atoms with van der Waals surface area (Å²) in [4.78, 5) is 56.5. The number of likely N-dealkylation sites (N-methyl/N-ethyl adjacent to an activating group) is 1. The molecule has 5 aromatic heterocycles. The van der Waals surface area contributed by atoms with Gasteiger partial charge in [-0.2, -0.15) is 5.10 Å². The number of aromatic hydroxyl groups is 1. The number of cyclic esters (lactones) is 1. The fourth-order valence-electron chi connectivity index (χ4n) is 8.47. The fraction of sp³-hybridized carbons (Fsp3) is 0.283. The third-order valence-corrected chi connectivity index (χ3v) is 12.0. The maximum atomic E-state index is 13.2. The Bertz CT molecular complexity index is 2950. The Morgan fingerprint density at radius 3 is 2.48 bits per heavy atom. The van der Waals surface area contributed by atoms with Gasteiger partial charge in [0.25, 0.3) is 11.5 Å². The first-order chi connectivity index (χ1) is 29.4. The van der Waals surface area contributed by atoms with Gasteiger partial charge in [0, 0.05) is 84.8 Å². The van der Waals surface area contributed by atoms with Crippen molar-refractivity contribution in [1.29, 1.82) is 0 Å². The summed E-state index contributed by atoms with van der Waals surface area (Å²) in [6.07, 6.45) is 8.11. The summed E-state index contributed by atoms with van der Waals surface area (Å²) >= 11 is 0. The van der Waals surface area contributed by atoms with Gasteiger partial charge >= 0.3 is 5.97 Å². The molecule has 7 aromatic rings. The van der Waals surface area contributed by atoms with Crippen LogP contribution in [0.4, 0.5) is 11.6 Å². The van der Waals surface area contributed by atoms with E-state index >= 15 is 0 Å². The molecule has 15 nitrogen and oxygen atoms in total. The summed E-state index contributed by atoms with van der Waals surface area (Å²) in [5, 5.41) is 30.9. The van der Waals surface area contributed by atoms with Gasteiger partial charge < -0.3 is 34.6 Å². The molecule has 0 radical (unpaired) electrons. The molecule has 1 fully saturated rings. The monoisotopic (exact) mass is 819 g/mol. The lowest BCUT2D eigenvalue weighted by Crippen LogP contribution is -2.44. The number of amides is 1. The third kappa shape index (κ3) is 7.14. The van der Waals surface area contributed by atoms with E-state index in [0.29, 0.717) is 46.9 Å². The number of phenolic OH excluding ortho intramolecular Hbond substituents is 1. The van der Waals surface area contributed by atoms with Crippen molar-refractivity contribution in [1.82, 2.24) is 34.2 Å². The average Bonchev–Trinajstić information content (AvgIpc) is 3.88. The first-order valence-electron chi connectivity index (χ1n) is 20.4. The fourth-order valence-corrected chi connectivity index (χ4v) is 8.47. The molecule has 310 valence electrons. The van der Waals surface area contributed by atoms with Crippen LogP contribution in [-0.4, -0.2) is 89.5 Å². The van der Waals surface area contributed by atoms with Crippen molar-refractivity contribution in [2.24, 2.45) is 7.05 Å². The Labute approximate surface area is 350 Å². The number of ether oxygens (including phenoxy) is 1. The topological polar surface area (TPSA) is 181 Å². The van der Waals surface area contributed by atoms with Gasteiger partial charge in [-0.1, -0.05) is 26.0 Å². The minimum atomic E-state index is -1.83. The predicted molar refractivity (Wildman–Crippen MR) is 231 cm³/mol. The molecule has 0 saturated carbocycles. The van der Waals surface area contributed by atoms with Gasteiger partial charge in [0.15, 0.2) is 5.60 Å². The number of aliphatic hydroxyl groups is 1. The summed E-state index contributed by atoms with van der Waals surface area (Å²) in [5.41, 5.74) is 5.15. The number of rotatable bonds is 6. The third-order valence-electron chi connectivity index (χ3n) is 12.0. The molecule has 3 N–H and O–H groups in total. The normalized spacial score (nSPS) is 17.0. The van der Waals surface area contributed by atoms with Crippen molar-refractivity contribution in [3.8, 4) is 28.3 Å². The van der Waals surface area contributed by atoms with E-state index in [1.54, 1.807) is 58.9 Å². The maximum Gasteiger partial charge on any atom is 0.343 e. The van der Waals surface area contributed by atoms with E-state index in [4.69, 9.17) is 9.72 Å². The van der Waals surface area contributed by atoms with E-state index in [0.717, 1.165) is 75.9 Å². The molecule has 10 rings (SSSR count). The molecule has 61 heavy (non-hydrogen) atoms. The van der Waals surface area contributed by atoms with Crippen LogP contribution in [0, 0.1) is 0 Å². The second kappa shape index (κ2) is 15.6. The second-order valence-electron chi connectivity index (χ2n) is 15.8. The zero-order valence-electron chi connectivity index (χ0n) is 34.3. The van der Waals surface area contributed by atoms with Crippen LogP contribution in [0.15, 0.2) is 90.2 Å². The largest absolute Gasteiger partial charge is 0.508 e. The number of phenols is 1. The molecule has 1 amide bonds. The smallest absolute Gasteiger partial charge is 0.343 e. The van der Waals surface area contributed by atoms with E-state index in [1.165, 1.54) is 0 Å². The van der Waals surface area contributed by atoms with Crippen molar-refractivity contribution in [2.45, 2.75) is 45.4 Å². The van der Waals surface area contributed by atoms with Crippen LogP contribution >= 0.6 is 0 Å². The average molecular weight is 820 g/mol. The highest BCUT2D eigenvalue weighted by Gasteiger charge is 2.45. The Morgan fingerprint density at radius 1 is 0.902 bits per heavy atom. The Balaban J connectivity index is 0.000000157. The number of benzene rings is 2. The number of aromatic nitrogens is 6. The Morgan fingerprint density at radius 2 is 1.72 bits per heavy atom. The highest BCUT2D eigenvalue weighted by Crippen LogP contribution is 2.40. The molecular weight excluding hydrogens is 775 g/mol. The van der Waals surface area contributed by atoms with Gasteiger partial charge in [-0.05, 0) is 84.9 Å². The minimum absolute atomic E-state index is 0.110.